The average molecular weight is 307 g/mol. The molecule has 0 bridgehead atoms. The van der Waals surface area contributed by atoms with Gasteiger partial charge in [-0.15, -0.1) is 0 Å². The van der Waals surface area contributed by atoms with Crippen LogP contribution < -0.4 is 4.72 Å². The molecule has 7 heteroatoms. The molecule has 12 heavy (non-hydrogen) atoms. The Balaban J connectivity index is 3.96. The molecule has 0 atom stereocenters. The first kappa shape index (κ1) is 12.1. The van der Waals surface area contributed by atoms with E-state index in [4.69, 9.17) is 0 Å². The minimum Gasteiger partial charge on any atom is -0.468 e. The monoisotopic (exact) mass is 307 g/mol. The van der Waals surface area contributed by atoms with Gasteiger partial charge in [0.2, 0.25) is 10.0 Å². The maximum Gasteiger partial charge on any atom is 0.322 e. The largest absolute Gasteiger partial charge is 0.468 e. The van der Waals surface area contributed by atoms with Crippen LogP contribution in [-0.4, -0.2) is 38.2 Å². The molecule has 0 aromatic rings. The highest BCUT2D eigenvalue weighted by Gasteiger charge is 2.15. The van der Waals surface area contributed by atoms with Crippen molar-refractivity contribution in [3.05, 3.63) is 0 Å². The van der Waals surface area contributed by atoms with Crippen molar-refractivity contribution in [3.8, 4) is 0 Å². The van der Waals surface area contributed by atoms with Gasteiger partial charge in [0.05, 0.1) is 7.11 Å². The predicted octanol–water partition coefficient (Wildman–Crippen LogP) is -0.486. The lowest BCUT2D eigenvalue weighted by atomic mass is 10.8. The Morgan fingerprint density at radius 1 is 1.58 bits per heavy atom. The van der Waals surface area contributed by atoms with Crippen molar-refractivity contribution in [1.82, 2.24) is 4.72 Å². The van der Waals surface area contributed by atoms with Crippen LogP contribution >= 0.6 is 22.6 Å². The number of halogens is 1. The number of ether oxygens (including phenoxy) is 1. The van der Waals surface area contributed by atoms with Gasteiger partial charge in [0.1, 0.15) is 0 Å². The van der Waals surface area contributed by atoms with Gasteiger partial charge in [-0.2, -0.15) is 0 Å². The number of nitrogens with one attached hydrogen (secondary N) is 1. The third-order valence-electron chi connectivity index (χ3n) is 0.952. The van der Waals surface area contributed by atoms with E-state index in [2.05, 4.69) is 9.46 Å². The highest BCUT2D eigenvalue weighted by atomic mass is 127. The van der Waals surface area contributed by atoms with Crippen molar-refractivity contribution >= 4 is 38.6 Å². The van der Waals surface area contributed by atoms with Crippen LogP contribution in [0.15, 0.2) is 0 Å². The molecule has 5 nitrogen and oxygen atoms in total. The first-order chi connectivity index (χ1) is 5.52. The van der Waals surface area contributed by atoms with Gasteiger partial charge < -0.3 is 4.74 Å². The van der Waals surface area contributed by atoms with E-state index in [-0.39, 0.29) is 0 Å². The second kappa shape index (κ2) is 5.70. The van der Waals surface area contributed by atoms with Gasteiger partial charge in [0, 0.05) is 11.0 Å². The molecule has 0 fully saturated rings. The standard InChI is InChI=1S/C5H10INO4S/c1-11-5(8)4-12(9,10)7-3-2-6/h7H,2-4H2,1H3. The Hall–Kier alpha value is 0.110. The number of carbonyl (C=O) groups excluding carboxylic acids is 1. The third kappa shape index (κ3) is 5.72. The van der Waals surface area contributed by atoms with Crippen molar-refractivity contribution < 1.29 is 17.9 Å². The summed E-state index contributed by atoms with van der Waals surface area (Å²) in [6.45, 7) is 0.333. The smallest absolute Gasteiger partial charge is 0.322 e. The Kier molecular flexibility index (Phi) is 5.76. The number of sulfonamides is 1. The number of rotatable bonds is 5. The Morgan fingerprint density at radius 2 is 2.17 bits per heavy atom. The molecule has 0 unspecified atom stereocenters. The summed E-state index contributed by atoms with van der Waals surface area (Å²) in [4.78, 5) is 10.5. The van der Waals surface area contributed by atoms with Gasteiger partial charge in [0.15, 0.2) is 5.75 Å². The van der Waals surface area contributed by atoms with Crippen LogP contribution in [0.3, 0.4) is 0 Å². The summed E-state index contributed by atoms with van der Waals surface area (Å²) in [5, 5.41) is 0. The van der Waals surface area contributed by atoms with E-state index < -0.39 is 21.7 Å². The summed E-state index contributed by atoms with van der Waals surface area (Å²) in [7, 11) is -2.34. The average Bonchev–Trinajstić information content (AvgIpc) is 2.00. The first-order valence-electron chi connectivity index (χ1n) is 3.12. The summed E-state index contributed by atoms with van der Waals surface area (Å²) in [6.07, 6.45) is 0. The van der Waals surface area contributed by atoms with E-state index in [0.29, 0.717) is 11.0 Å². The van der Waals surface area contributed by atoms with Crippen LogP contribution in [0.5, 0.6) is 0 Å². The minimum atomic E-state index is -3.48. The maximum absolute atomic E-state index is 10.9. The van der Waals surface area contributed by atoms with E-state index in [0.717, 1.165) is 7.11 Å². The molecule has 0 saturated heterocycles. The molecule has 72 valence electrons. The number of hydrogen-bond donors (Lipinski definition) is 1. The van der Waals surface area contributed by atoms with Crippen LogP contribution in [0.2, 0.25) is 0 Å². The molecule has 0 aliphatic rings. The predicted molar refractivity (Wildman–Crippen MR) is 52.7 cm³/mol. The number of alkyl halides is 1. The molecule has 0 aliphatic carbocycles. The maximum atomic E-state index is 10.9. The Bertz CT molecular complexity index is 238. The van der Waals surface area contributed by atoms with E-state index in [9.17, 15) is 13.2 Å². The highest BCUT2D eigenvalue weighted by Crippen LogP contribution is 1.87. The molecule has 0 rings (SSSR count). The zero-order valence-electron chi connectivity index (χ0n) is 6.54. The molecular weight excluding hydrogens is 297 g/mol. The molecule has 0 spiro atoms. The molecule has 0 aromatic carbocycles. The summed E-state index contributed by atoms with van der Waals surface area (Å²) >= 11 is 2.03. The third-order valence-corrected chi connectivity index (χ3v) is 2.75. The Morgan fingerprint density at radius 3 is 2.58 bits per heavy atom. The van der Waals surface area contributed by atoms with Gasteiger partial charge >= 0.3 is 5.97 Å². The number of carbonyl (C=O) groups is 1. The summed E-state index contributed by atoms with van der Waals surface area (Å²) in [6, 6.07) is 0. The second-order valence-electron chi connectivity index (χ2n) is 1.92. The fourth-order valence-corrected chi connectivity index (χ4v) is 2.04. The van der Waals surface area contributed by atoms with Crippen molar-refractivity contribution in [1.29, 1.82) is 0 Å². The van der Waals surface area contributed by atoms with Crippen LogP contribution in [0.1, 0.15) is 0 Å². The fourth-order valence-electron chi connectivity index (χ4n) is 0.459. The number of esters is 1. The van der Waals surface area contributed by atoms with Gasteiger partial charge in [-0.05, 0) is 0 Å². The lowest BCUT2D eigenvalue weighted by Crippen LogP contribution is -2.31. The van der Waals surface area contributed by atoms with Crippen molar-refractivity contribution in [2.45, 2.75) is 0 Å². The van der Waals surface area contributed by atoms with E-state index in [1.54, 1.807) is 0 Å². The van der Waals surface area contributed by atoms with Gasteiger partial charge in [-0.1, -0.05) is 22.6 Å². The van der Waals surface area contributed by atoms with Gasteiger partial charge in [-0.25, -0.2) is 13.1 Å². The molecule has 0 aromatic heterocycles. The zero-order chi connectivity index (χ0) is 9.61. The summed E-state index contributed by atoms with van der Waals surface area (Å²) in [5.41, 5.74) is 0. The fraction of sp³-hybridized carbons (Fsp3) is 0.800. The van der Waals surface area contributed by atoms with Gasteiger partial charge in [0.25, 0.3) is 0 Å². The molecule has 0 aliphatic heterocycles. The molecule has 0 amide bonds. The minimum absolute atomic E-state index is 0.333. The summed E-state index contributed by atoms with van der Waals surface area (Å²) in [5.74, 6) is -1.36. The topological polar surface area (TPSA) is 72.5 Å². The van der Waals surface area contributed by atoms with Crippen LogP contribution in [0.25, 0.3) is 0 Å². The van der Waals surface area contributed by atoms with Crippen LogP contribution in [-0.2, 0) is 19.6 Å². The number of methoxy groups -OCH3 is 1. The molecular formula is C5H10INO4S. The molecule has 0 heterocycles. The summed E-state index contributed by atoms with van der Waals surface area (Å²) < 4.78 is 29.0. The van der Waals surface area contributed by atoms with E-state index in [1.807, 2.05) is 22.6 Å². The SMILES string of the molecule is COC(=O)CS(=O)(=O)NCCI. The molecule has 0 saturated carbocycles. The van der Waals surface area contributed by atoms with Gasteiger partial charge in [-0.3, -0.25) is 4.79 Å². The number of hydrogen-bond acceptors (Lipinski definition) is 4. The van der Waals surface area contributed by atoms with E-state index in [1.165, 1.54) is 0 Å². The first-order valence-corrected chi connectivity index (χ1v) is 6.29. The quantitative estimate of drug-likeness (QED) is 0.423. The zero-order valence-corrected chi connectivity index (χ0v) is 9.51. The second-order valence-corrected chi connectivity index (χ2v) is 4.80. The van der Waals surface area contributed by atoms with Crippen molar-refractivity contribution in [3.63, 3.8) is 0 Å². The Labute approximate surface area is 85.0 Å². The van der Waals surface area contributed by atoms with Crippen molar-refractivity contribution in [2.24, 2.45) is 0 Å². The molecule has 0 radical (unpaired) electrons. The van der Waals surface area contributed by atoms with E-state index >= 15 is 0 Å². The van der Waals surface area contributed by atoms with Crippen molar-refractivity contribution in [2.75, 3.05) is 23.8 Å². The molecule has 1 N–H and O–H groups in total. The lowest BCUT2D eigenvalue weighted by molar-refractivity contribution is -0.137. The lowest BCUT2D eigenvalue weighted by Gasteiger charge is -2.02. The van der Waals surface area contributed by atoms with Crippen LogP contribution in [0.4, 0.5) is 0 Å². The highest BCUT2D eigenvalue weighted by molar-refractivity contribution is 14.1. The normalized spacial score (nSPS) is 11.2. The van der Waals surface area contributed by atoms with Crippen LogP contribution in [0, 0.1) is 0 Å².